The first-order valence-corrected chi connectivity index (χ1v) is 9.24. The van der Waals surface area contributed by atoms with Gasteiger partial charge in [0.15, 0.2) is 5.82 Å². The molecule has 2 aromatic heterocycles. The number of imidazole rings is 1. The van der Waals surface area contributed by atoms with Crippen LogP contribution in [0.25, 0.3) is 21.9 Å². The van der Waals surface area contributed by atoms with Crippen molar-refractivity contribution in [1.82, 2.24) is 14.5 Å². The van der Waals surface area contributed by atoms with Crippen LogP contribution in [-0.2, 0) is 17.7 Å². The molecule has 25 heavy (non-hydrogen) atoms. The van der Waals surface area contributed by atoms with Crippen LogP contribution in [0.4, 0.5) is 5.82 Å². The normalized spacial score (nSPS) is 18.0. The number of nitrogens with two attached hydrogens (primary N) is 1. The van der Waals surface area contributed by atoms with E-state index in [-0.39, 0.29) is 0 Å². The van der Waals surface area contributed by atoms with E-state index in [0.717, 1.165) is 66.8 Å². The van der Waals surface area contributed by atoms with Crippen molar-refractivity contribution >= 4 is 27.8 Å². The molecule has 3 heterocycles. The molecule has 1 unspecified atom stereocenters. The highest BCUT2D eigenvalue weighted by atomic mass is 16.5. The van der Waals surface area contributed by atoms with E-state index in [1.165, 1.54) is 0 Å². The summed E-state index contributed by atoms with van der Waals surface area (Å²) in [6, 6.07) is 8.21. The van der Waals surface area contributed by atoms with E-state index >= 15 is 0 Å². The largest absolute Gasteiger partial charge is 0.382 e. The second-order valence-electron chi connectivity index (χ2n) is 7.51. The molecule has 0 amide bonds. The number of pyridine rings is 1. The first-order valence-electron chi connectivity index (χ1n) is 9.24. The third-order valence-electron chi connectivity index (χ3n) is 5.10. The number of aromatic nitrogens is 3. The third-order valence-corrected chi connectivity index (χ3v) is 5.10. The van der Waals surface area contributed by atoms with Crippen molar-refractivity contribution in [1.29, 1.82) is 0 Å². The van der Waals surface area contributed by atoms with Gasteiger partial charge in [-0.25, -0.2) is 9.97 Å². The minimum atomic E-state index is 0.529. The smallest absolute Gasteiger partial charge is 0.152 e. The Labute approximate surface area is 148 Å². The lowest BCUT2D eigenvalue weighted by molar-refractivity contribution is 0.182. The number of benzene rings is 1. The molecule has 0 saturated carbocycles. The fourth-order valence-electron chi connectivity index (χ4n) is 3.70. The SMILES string of the molecule is CC(C)CCc1nc2c(N)nc3ccccc3c2n1CC1CCOC1. The highest BCUT2D eigenvalue weighted by molar-refractivity contribution is 6.06. The minimum absolute atomic E-state index is 0.529. The molecule has 1 aliphatic rings. The van der Waals surface area contributed by atoms with Crippen molar-refractivity contribution < 1.29 is 4.74 Å². The Morgan fingerprint density at radius 2 is 2.12 bits per heavy atom. The molecule has 5 nitrogen and oxygen atoms in total. The maximum Gasteiger partial charge on any atom is 0.152 e. The molecular formula is C20H26N4O. The Balaban J connectivity index is 1.89. The molecule has 1 aromatic carbocycles. The predicted octanol–water partition coefficient (Wildman–Crippen LogP) is 3.79. The van der Waals surface area contributed by atoms with Gasteiger partial charge in [-0.1, -0.05) is 32.0 Å². The lowest BCUT2D eigenvalue weighted by Gasteiger charge is -2.15. The summed E-state index contributed by atoms with van der Waals surface area (Å²) in [4.78, 5) is 9.47. The van der Waals surface area contributed by atoms with Crippen molar-refractivity contribution in [2.45, 2.75) is 39.7 Å². The summed E-state index contributed by atoms with van der Waals surface area (Å²) in [5.74, 6) is 2.85. The van der Waals surface area contributed by atoms with Gasteiger partial charge >= 0.3 is 0 Å². The van der Waals surface area contributed by atoms with Crippen molar-refractivity contribution in [2.75, 3.05) is 18.9 Å². The first-order chi connectivity index (χ1) is 12.1. The van der Waals surface area contributed by atoms with Crippen LogP contribution in [0.2, 0.25) is 0 Å². The van der Waals surface area contributed by atoms with Crippen LogP contribution in [0.5, 0.6) is 0 Å². The molecule has 0 radical (unpaired) electrons. The Morgan fingerprint density at radius 3 is 2.88 bits per heavy atom. The number of hydrogen-bond donors (Lipinski definition) is 1. The number of nitrogen functional groups attached to an aromatic ring is 1. The molecule has 1 saturated heterocycles. The Kier molecular flexibility index (Phi) is 4.34. The lowest BCUT2D eigenvalue weighted by atomic mass is 10.1. The van der Waals surface area contributed by atoms with Gasteiger partial charge in [0.2, 0.25) is 0 Å². The van der Waals surface area contributed by atoms with Crippen LogP contribution >= 0.6 is 0 Å². The zero-order valence-corrected chi connectivity index (χ0v) is 15.0. The number of rotatable bonds is 5. The molecule has 4 rings (SSSR count). The van der Waals surface area contributed by atoms with E-state index in [1.807, 2.05) is 12.1 Å². The van der Waals surface area contributed by atoms with E-state index in [9.17, 15) is 0 Å². The number of ether oxygens (including phenoxy) is 1. The van der Waals surface area contributed by atoms with E-state index in [2.05, 4.69) is 35.5 Å². The Bertz CT molecular complexity index is 893. The highest BCUT2D eigenvalue weighted by Crippen LogP contribution is 2.31. The van der Waals surface area contributed by atoms with E-state index in [4.69, 9.17) is 15.5 Å². The minimum Gasteiger partial charge on any atom is -0.382 e. The quantitative estimate of drug-likeness (QED) is 0.768. The number of anilines is 1. The summed E-state index contributed by atoms with van der Waals surface area (Å²) in [5, 5.41) is 1.13. The van der Waals surface area contributed by atoms with Crippen LogP contribution in [0.3, 0.4) is 0 Å². The molecule has 3 aromatic rings. The molecule has 1 fully saturated rings. The van der Waals surface area contributed by atoms with Gasteiger partial charge in [0.1, 0.15) is 11.3 Å². The highest BCUT2D eigenvalue weighted by Gasteiger charge is 2.22. The van der Waals surface area contributed by atoms with Gasteiger partial charge in [0.05, 0.1) is 17.6 Å². The molecule has 2 N–H and O–H groups in total. The summed E-state index contributed by atoms with van der Waals surface area (Å²) >= 11 is 0. The average Bonchev–Trinajstić information content (AvgIpc) is 3.22. The van der Waals surface area contributed by atoms with Crippen LogP contribution in [0, 0.1) is 11.8 Å². The van der Waals surface area contributed by atoms with Crippen molar-refractivity contribution in [3.05, 3.63) is 30.1 Å². The van der Waals surface area contributed by atoms with Crippen LogP contribution in [-0.4, -0.2) is 27.7 Å². The fraction of sp³-hybridized carbons (Fsp3) is 0.500. The molecular weight excluding hydrogens is 312 g/mol. The number of para-hydroxylation sites is 1. The van der Waals surface area contributed by atoms with Crippen molar-refractivity contribution in [2.24, 2.45) is 11.8 Å². The second-order valence-corrected chi connectivity index (χ2v) is 7.51. The zero-order chi connectivity index (χ0) is 17.4. The number of nitrogens with zero attached hydrogens (tertiary/aromatic N) is 3. The van der Waals surface area contributed by atoms with Crippen molar-refractivity contribution in [3.8, 4) is 0 Å². The molecule has 132 valence electrons. The molecule has 5 heteroatoms. The summed E-state index contributed by atoms with van der Waals surface area (Å²) in [6.45, 7) is 7.15. The van der Waals surface area contributed by atoms with Gasteiger partial charge < -0.3 is 15.0 Å². The first kappa shape index (κ1) is 16.3. The molecule has 0 bridgehead atoms. The number of aryl methyl sites for hydroxylation is 1. The summed E-state index contributed by atoms with van der Waals surface area (Å²) in [6.07, 6.45) is 3.20. The molecule has 0 aliphatic carbocycles. The summed E-state index contributed by atoms with van der Waals surface area (Å²) in [5.41, 5.74) is 9.17. The van der Waals surface area contributed by atoms with Crippen molar-refractivity contribution in [3.63, 3.8) is 0 Å². The monoisotopic (exact) mass is 338 g/mol. The summed E-state index contributed by atoms with van der Waals surface area (Å²) in [7, 11) is 0. The average molecular weight is 338 g/mol. The molecule has 1 aliphatic heterocycles. The zero-order valence-electron chi connectivity index (χ0n) is 15.0. The molecule has 0 spiro atoms. The maximum absolute atomic E-state index is 6.26. The van der Waals surface area contributed by atoms with Crippen LogP contribution in [0.15, 0.2) is 24.3 Å². The number of fused-ring (bicyclic) bond motifs is 3. The van der Waals surface area contributed by atoms with E-state index in [1.54, 1.807) is 0 Å². The number of hydrogen-bond acceptors (Lipinski definition) is 4. The standard InChI is InChI=1S/C20H26N4O/c1-13(2)7-8-17-23-18-19(24(17)11-14-9-10-25-12-14)15-5-3-4-6-16(15)22-20(18)21/h3-6,13-14H,7-12H2,1-2H3,(H2,21,22). The topological polar surface area (TPSA) is 66.0 Å². The van der Waals surface area contributed by atoms with Gasteiger partial charge in [-0.2, -0.15) is 0 Å². The predicted molar refractivity (Wildman–Crippen MR) is 102 cm³/mol. The van der Waals surface area contributed by atoms with Crippen LogP contribution in [0.1, 0.15) is 32.5 Å². The lowest BCUT2D eigenvalue weighted by Crippen LogP contribution is -2.14. The van der Waals surface area contributed by atoms with Gasteiger partial charge in [-0.05, 0) is 24.8 Å². The summed E-state index contributed by atoms with van der Waals surface area (Å²) < 4.78 is 7.98. The molecule has 1 atom stereocenters. The van der Waals surface area contributed by atoms with Crippen LogP contribution < -0.4 is 5.73 Å². The van der Waals surface area contributed by atoms with Gasteiger partial charge in [0, 0.05) is 30.9 Å². The van der Waals surface area contributed by atoms with E-state index < -0.39 is 0 Å². The van der Waals surface area contributed by atoms with Gasteiger partial charge in [-0.15, -0.1) is 0 Å². The van der Waals surface area contributed by atoms with Gasteiger partial charge in [0.25, 0.3) is 0 Å². The fourth-order valence-corrected chi connectivity index (χ4v) is 3.70. The third kappa shape index (κ3) is 3.09. The van der Waals surface area contributed by atoms with E-state index in [0.29, 0.717) is 17.7 Å². The van der Waals surface area contributed by atoms with Gasteiger partial charge in [-0.3, -0.25) is 0 Å². The maximum atomic E-state index is 6.26. The second kappa shape index (κ2) is 6.64. The Morgan fingerprint density at radius 1 is 1.28 bits per heavy atom. The Hall–Kier alpha value is -2.14.